The molecule has 0 saturated carbocycles. The second-order valence-corrected chi connectivity index (χ2v) is 9.40. The van der Waals surface area contributed by atoms with E-state index in [1.165, 1.54) is 15.1 Å². The molecule has 29 heavy (non-hydrogen) atoms. The molecule has 146 valence electrons. The fourth-order valence-electron chi connectivity index (χ4n) is 4.15. The largest absolute Gasteiger partial charge is 0.306 e. The maximum absolute atomic E-state index is 13.1. The normalized spacial score (nSPS) is 16.7. The molecule has 0 radical (unpaired) electrons. The van der Waals surface area contributed by atoms with Gasteiger partial charge in [-0.05, 0) is 60.4 Å². The highest BCUT2D eigenvalue weighted by Crippen LogP contribution is 2.31. The number of rotatable bonds is 3. The van der Waals surface area contributed by atoms with Crippen molar-refractivity contribution in [2.24, 2.45) is 0 Å². The number of hydrogen-bond donors (Lipinski definition) is 1. The van der Waals surface area contributed by atoms with E-state index in [4.69, 9.17) is 0 Å². The van der Waals surface area contributed by atoms with E-state index in [-0.39, 0.29) is 6.04 Å². The van der Waals surface area contributed by atoms with Crippen molar-refractivity contribution in [3.05, 3.63) is 101 Å². The highest BCUT2D eigenvalue weighted by molar-refractivity contribution is 7.90. The highest BCUT2D eigenvalue weighted by atomic mass is 32.2. The number of aryl methyl sites for hydroxylation is 1. The van der Waals surface area contributed by atoms with E-state index < -0.39 is 10.0 Å². The second kappa shape index (κ2) is 6.87. The lowest BCUT2D eigenvalue weighted by molar-refractivity contribution is 0.568. The third-order valence-corrected chi connectivity index (χ3v) is 7.40. The lowest BCUT2D eigenvalue weighted by atomic mass is 9.89. The Labute approximate surface area is 170 Å². The first-order valence-corrected chi connectivity index (χ1v) is 11.2. The van der Waals surface area contributed by atoms with Gasteiger partial charge in [0.2, 0.25) is 0 Å². The molecular formula is C24H22N2O2S. The van der Waals surface area contributed by atoms with Crippen LogP contribution in [0, 0.1) is 6.92 Å². The third-order valence-electron chi connectivity index (χ3n) is 5.70. The van der Waals surface area contributed by atoms with Crippen LogP contribution in [-0.4, -0.2) is 18.9 Å². The van der Waals surface area contributed by atoms with E-state index in [0.717, 1.165) is 29.5 Å². The van der Waals surface area contributed by atoms with Crippen LogP contribution < -0.4 is 5.32 Å². The zero-order chi connectivity index (χ0) is 20.0. The lowest BCUT2D eigenvalue weighted by Crippen LogP contribution is -2.30. The first-order valence-electron chi connectivity index (χ1n) is 9.78. The summed E-state index contributed by atoms with van der Waals surface area (Å²) in [5.41, 5.74) is 5.54. The summed E-state index contributed by atoms with van der Waals surface area (Å²) in [6.45, 7) is 2.88. The summed E-state index contributed by atoms with van der Waals surface area (Å²) in [4.78, 5) is 0.299. The van der Waals surface area contributed by atoms with E-state index in [0.29, 0.717) is 10.4 Å². The molecule has 0 aliphatic carbocycles. The molecule has 0 bridgehead atoms. The molecule has 5 rings (SSSR count). The Morgan fingerprint density at radius 1 is 0.966 bits per heavy atom. The summed E-state index contributed by atoms with van der Waals surface area (Å²) in [5, 5.41) is 4.52. The molecule has 5 heteroatoms. The molecule has 4 aromatic rings. The Balaban J connectivity index is 1.57. The van der Waals surface area contributed by atoms with Gasteiger partial charge < -0.3 is 5.32 Å². The lowest BCUT2D eigenvalue weighted by Gasteiger charge is -2.27. The molecule has 1 aliphatic rings. The summed E-state index contributed by atoms with van der Waals surface area (Å²) in [6.07, 6.45) is 2.67. The van der Waals surface area contributed by atoms with Crippen LogP contribution in [0.4, 0.5) is 0 Å². The van der Waals surface area contributed by atoms with E-state index in [1.807, 2.05) is 37.3 Å². The van der Waals surface area contributed by atoms with Crippen molar-refractivity contribution in [1.29, 1.82) is 0 Å². The third kappa shape index (κ3) is 3.07. The van der Waals surface area contributed by atoms with Gasteiger partial charge in [-0.1, -0.05) is 48.0 Å². The fourth-order valence-corrected chi connectivity index (χ4v) is 5.50. The van der Waals surface area contributed by atoms with Gasteiger partial charge in [0.15, 0.2) is 0 Å². The van der Waals surface area contributed by atoms with Crippen LogP contribution in [0.1, 0.15) is 28.3 Å². The van der Waals surface area contributed by atoms with Crippen LogP contribution in [-0.2, 0) is 16.4 Å². The molecular weight excluding hydrogens is 380 g/mol. The van der Waals surface area contributed by atoms with E-state index in [2.05, 4.69) is 35.6 Å². The van der Waals surface area contributed by atoms with Gasteiger partial charge in [-0.2, -0.15) is 0 Å². The van der Waals surface area contributed by atoms with Gasteiger partial charge in [-0.3, -0.25) is 0 Å². The number of fused-ring (bicyclic) bond motifs is 2. The quantitative estimate of drug-likeness (QED) is 0.552. The Kier molecular flexibility index (Phi) is 4.30. The summed E-state index contributed by atoms with van der Waals surface area (Å²) in [7, 11) is -3.62. The predicted molar refractivity (Wildman–Crippen MR) is 116 cm³/mol. The number of nitrogens with one attached hydrogen (secondary N) is 1. The van der Waals surface area contributed by atoms with E-state index >= 15 is 0 Å². The van der Waals surface area contributed by atoms with E-state index in [9.17, 15) is 8.42 Å². The molecule has 1 N–H and O–H groups in total. The van der Waals surface area contributed by atoms with Crippen molar-refractivity contribution in [3.8, 4) is 0 Å². The van der Waals surface area contributed by atoms with E-state index in [1.54, 1.807) is 18.3 Å². The smallest absolute Gasteiger partial charge is 0.268 e. The predicted octanol–water partition coefficient (Wildman–Crippen LogP) is 4.42. The van der Waals surface area contributed by atoms with Crippen molar-refractivity contribution >= 4 is 20.9 Å². The van der Waals surface area contributed by atoms with Crippen LogP contribution >= 0.6 is 0 Å². The molecule has 0 amide bonds. The highest BCUT2D eigenvalue weighted by Gasteiger charge is 2.23. The molecule has 0 saturated heterocycles. The summed E-state index contributed by atoms with van der Waals surface area (Å²) >= 11 is 0. The SMILES string of the molecule is Cc1ccc(S(=O)(=O)n2ccc3cc(C4NCCc5ccccc54)ccc32)cc1. The minimum absolute atomic E-state index is 0.126. The molecule has 1 atom stereocenters. The van der Waals surface area contributed by atoms with Gasteiger partial charge in [0.05, 0.1) is 16.5 Å². The minimum Gasteiger partial charge on any atom is -0.306 e. The molecule has 1 aromatic heterocycles. The topological polar surface area (TPSA) is 51.1 Å². The Bertz CT molecular complexity index is 1300. The van der Waals surface area contributed by atoms with Gasteiger partial charge in [0.1, 0.15) is 0 Å². The zero-order valence-electron chi connectivity index (χ0n) is 16.2. The number of hydrogen-bond acceptors (Lipinski definition) is 3. The Morgan fingerprint density at radius 2 is 1.76 bits per heavy atom. The minimum atomic E-state index is -3.62. The fraction of sp³-hybridized carbons (Fsp3) is 0.167. The van der Waals surface area contributed by atoms with Crippen molar-refractivity contribution in [1.82, 2.24) is 9.29 Å². The van der Waals surface area contributed by atoms with Crippen LogP contribution in [0.3, 0.4) is 0 Å². The first kappa shape index (κ1) is 18.2. The van der Waals surface area contributed by atoms with Gasteiger partial charge in [0, 0.05) is 18.1 Å². The van der Waals surface area contributed by atoms with Crippen molar-refractivity contribution < 1.29 is 8.42 Å². The molecule has 2 heterocycles. The van der Waals surface area contributed by atoms with Gasteiger partial charge >= 0.3 is 0 Å². The maximum atomic E-state index is 13.1. The number of aromatic nitrogens is 1. The summed E-state index contributed by atoms with van der Waals surface area (Å²) in [6, 6.07) is 23.5. The van der Waals surface area contributed by atoms with Crippen LogP contribution in [0.15, 0.2) is 83.9 Å². The Morgan fingerprint density at radius 3 is 2.59 bits per heavy atom. The van der Waals surface area contributed by atoms with Crippen LogP contribution in [0.2, 0.25) is 0 Å². The zero-order valence-corrected chi connectivity index (χ0v) is 17.0. The van der Waals surface area contributed by atoms with Crippen molar-refractivity contribution in [2.75, 3.05) is 6.54 Å². The summed E-state index contributed by atoms with van der Waals surface area (Å²) < 4.78 is 27.6. The van der Waals surface area contributed by atoms with Gasteiger partial charge in [-0.25, -0.2) is 12.4 Å². The molecule has 1 unspecified atom stereocenters. The molecule has 3 aromatic carbocycles. The van der Waals surface area contributed by atoms with Crippen molar-refractivity contribution in [3.63, 3.8) is 0 Å². The average molecular weight is 403 g/mol. The van der Waals surface area contributed by atoms with Crippen molar-refractivity contribution in [2.45, 2.75) is 24.3 Å². The second-order valence-electron chi connectivity index (χ2n) is 7.58. The Hall–Kier alpha value is -2.89. The van der Waals surface area contributed by atoms with Crippen LogP contribution in [0.5, 0.6) is 0 Å². The first-order chi connectivity index (χ1) is 14.0. The van der Waals surface area contributed by atoms with Crippen LogP contribution in [0.25, 0.3) is 10.9 Å². The molecule has 0 fully saturated rings. The number of benzene rings is 3. The monoisotopic (exact) mass is 402 g/mol. The summed E-state index contributed by atoms with van der Waals surface area (Å²) in [5.74, 6) is 0. The molecule has 0 spiro atoms. The molecule has 1 aliphatic heterocycles. The molecule has 4 nitrogen and oxygen atoms in total. The van der Waals surface area contributed by atoms with Gasteiger partial charge in [-0.15, -0.1) is 0 Å². The van der Waals surface area contributed by atoms with Gasteiger partial charge in [0.25, 0.3) is 10.0 Å². The maximum Gasteiger partial charge on any atom is 0.268 e. The standard InChI is InChI=1S/C24H22N2O2S/c1-17-6-9-21(10-7-17)29(27,28)26-15-13-19-16-20(8-11-23(19)26)24-22-5-3-2-4-18(22)12-14-25-24/h2-11,13,15-16,24-25H,12,14H2,1H3. The number of nitrogens with zero attached hydrogens (tertiary/aromatic N) is 1. The average Bonchev–Trinajstić information content (AvgIpc) is 3.18.